The number of aromatic nitrogens is 1. The first-order chi connectivity index (χ1) is 9.59. The molecule has 1 aromatic heterocycles. The molecule has 1 aromatic rings. The zero-order valence-electron chi connectivity index (χ0n) is 12.3. The van der Waals surface area contributed by atoms with E-state index in [-0.39, 0.29) is 29.7 Å². The Morgan fingerprint density at radius 1 is 1.38 bits per heavy atom. The second kappa shape index (κ2) is 6.64. The molecule has 0 atom stereocenters. The van der Waals surface area contributed by atoms with Gasteiger partial charge >= 0.3 is 12.1 Å². The third-order valence-corrected chi connectivity index (χ3v) is 3.24. The zero-order valence-corrected chi connectivity index (χ0v) is 13.0. The molecule has 118 valence electrons. The fourth-order valence-electron chi connectivity index (χ4n) is 1.98. The van der Waals surface area contributed by atoms with Crippen LogP contribution in [-0.4, -0.2) is 17.6 Å². The molecule has 0 aliphatic heterocycles. The second-order valence-corrected chi connectivity index (χ2v) is 5.40. The number of esters is 1. The van der Waals surface area contributed by atoms with Gasteiger partial charge in [0.1, 0.15) is 5.15 Å². The summed E-state index contributed by atoms with van der Waals surface area (Å²) in [6.07, 6.45) is -4.49. The van der Waals surface area contributed by atoms with Crippen molar-refractivity contribution < 1.29 is 22.7 Å². The van der Waals surface area contributed by atoms with Crippen LogP contribution >= 0.6 is 11.6 Å². The molecule has 0 bridgehead atoms. The van der Waals surface area contributed by atoms with Gasteiger partial charge in [-0.1, -0.05) is 25.4 Å². The smallest absolute Gasteiger partial charge is 0.434 e. The molecule has 0 unspecified atom stereocenters. The molecule has 0 aliphatic rings. The first-order valence-electron chi connectivity index (χ1n) is 6.52. The zero-order chi connectivity index (χ0) is 16.4. The average Bonchev–Trinajstić information content (AvgIpc) is 2.33. The quantitative estimate of drug-likeness (QED) is 0.607. The Morgan fingerprint density at radius 3 is 2.38 bits per heavy atom. The summed E-state index contributed by atoms with van der Waals surface area (Å²) in [5, 5.41) is -0.244. The number of ether oxygens (including phenoxy) is 1. The molecule has 0 aliphatic carbocycles. The van der Waals surface area contributed by atoms with Gasteiger partial charge < -0.3 is 4.74 Å². The molecule has 0 radical (unpaired) electrons. The first kappa shape index (κ1) is 17.8. The van der Waals surface area contributed by atoms with Crippen LogP contribution in [0.3, 0.4) is 0 Å². The summed E-state index contributed by atoms with van der Waals surface area (Å²) in [5.74, 6) is -0.968. The number of carbonyl (C=O) groups excluding carboxylic acids is 1. The lowest BCUT2D eigenvalue weighted by Crippen LogP contribution is -2.21. The van der Waals surface area contributed by atoms with Gasteiger partial charge in [-0.25, -0.2) is 9.78 Å². The molecule has 1 rings (SSSR count). The number of pyridine rings is 1. The van der Waals surface area contributed by atoms with Crippen molar-refractivity contribution in [3.63, 3.8) is 0 Å². The minimum absolute atomic E-state index is 0.0150. The van der Waals surface area contributed by atoms with Crippen LogP contribution in [0, 0.1) is 12.8 Å². The van der Waals surface area contributed by atoms with E-state index in [2.05, 4.69) is 4.98 Å². The van der Waals surface area contributed by atoms with Gasteiger partial charge in [0.15, 0.2) is 5.69 Å². The number of carbonyl (C=O) groups is 1. The van der Waals surface area contributed by atoms with E-state index in [4.69, 9.17) is 16.3 Å². The normalized spacial score (nSPS) is 11.9. The number of nitrogens with zero attached hydrogens (tertiary/aromatic N) is 1. The predicted molar refractivity (Wildman–Crippen MR) is 73.5 cm³/mol. The highest BCUT2D eigenvalue weighted by atomic mass is 35.5. The molecule has 3 nitrogen and oxygen atoms in total. The van der Waals surface area contributed by atoms with Gasteiger partial charge in [0.25, 0.3) is 0 Å². The van der Waals surface area contributed by atoms with E-state index in [1.807, 2.05) is 13.8 Å². The summed E-state index contributed by atoms with van der Waals surface area (Å²) >= 11 is 5.80. The lowest BCUT2D eigenvalue weighted by atomic mass is 9.93. The maximum absolute atomic E-state index is 13.1. The SMILES string of the molecule is CCOC(=O)c1c(C(F)(F)F)nc(Cl)c(C)c1CC(C)C. The van der Waals surface area contributed by atoms with Crippen molar-refractivity contribution in [1.82, 2.24) is 4.98 Å². The summed E-state index contributed by atoms with van der Waals surface area (Å²) in [5.41, 5.74) is -1.19. The third-order valence-electron chi connectivity index (χ3n) is 2.87. The maximum atomic E-state index is 13.1. The molecule has 0 amide bonds. The van der Waals surface area contributed by atoms with Crippen molar-refractivity contribution in [2.45, 2.75) is 40.3 Å². The molecule has 0 aromatic carbocycles. The van der Waals surface area contributed by atoms with Crippen LogP contribution in [0.4, 0.5) is 13.2 Å². The van der Waals surface area contributed by atoms with Crippen LogP contribution in [0.2, 0.25) is 5.15 Å². The van der Waals surface area contributed by atoms with E-state index in [0.29, 0.717) is 5.56 Å². The molecule has 7 heteroatoms. The summed E-state index contributed by atoms with van der Waals surface area (Å²) < 4.78 is 44.2. The van der Waals surface area contributed by atoms with Crippen LogP contribution in [-0.2, 0) is 17.3 Å². The van der Waals surface area contributed by atoms with Crippen molar-refractivity contribution in [1.29, 1.82) is 0 Å². The largest absolute Gasteiger partial charge is 0.462 e. The molecule has 0 saturated heterocycles. The molecular weight excluding hydrogens is 307 g/mol. The van der Waals surface area contributed by atoms with Crippen molar-refractivity contribution in [2.24, 2.45) is 5.92 Å². The van der Waals surface area contributed by atoms with Gasteiger partial charge in [0, 0.05) is 0 Å². The van der Waals surface area contributed by atoms with Crippen molar-refractivity contribution in [3.8, 4) is 0 Å². The molecule has 0 fully saturated rings. The van der Waals surface area contributed by atoms with E-state index in [9.17, 15) is 18.0 Å². The lowest BCUT2D eigenvalue weighted by Gasteiger charge is -2.19. The van der Waals surface area contributed by atoms with E-state index < -0.39 is 23.4 Å². The molecule has 0 spiro atoms. The van der Waals surface area contributed by atoms with E-state index in [1.54, 1.807) is 6.92 Å². The highest BCUT2D eigenvalue weighted by Gasteiger charge is 2.40. The molecular formula is C14H17ClF3NO2. The van der Waals surface area contributed by atoms with Crippen LogP contribution < -0.4 is 0 Å². The Kier molecular flexibility index (Phi) is 5.61. The van der Waals surface area contributed by atoms with Crippen molar-refractivity contribution in [2.75, 3.05) is 6.61 Å². The summed E-state index contributed by atoms with van der Waals surface area (Å²) in [6, 6.07) is 0. The van der Waals surface area contributed by atoms with Crippen LogP contribution in [0.1, 0.15) is 48.0 Å². The van der Waals surface area contributed by atoms with Crippen LogP contribution in [0.5, 0.6) is 0 Å². The number of rotatable bonds is 4. The Balaban J connectivity index is 3.65. The van der Waals surface area contributed by atoms with Gasteiger partial charge in [0.05, 0.1) is 12.2 Å². The lowest BCUT2D eigenvalue weighted by molar-refractivity contribution is -0.141. The third kappa shape index (κ3) is 4.09. The minimum Gasteiger partial charge on any atom is -0.462 e. The first-order valence-corrected chi connectivity index (χ1v) is 6.90. The van der Waals surface area contributed by atoms with Gasteiger partial charge in [0.2, 0.25) is 0 Å². The van der Waals surface area contributed by atoms with Crippen LogP contribution in [0.25, 0.3) is 0 Å². The summed E-state index contributed by atoms with van der Waals surface area (Å²) in [6.45, 7) is 6.75. The van der Waals surface area contributed by atoms with Crippen LogP contribution in [0.15, 0.2) is 0 Å². The molecule has 0 N–H and O–H groups in total. The number of halogens is 4. The van der Waals surface area contributed by atoms with Gasteiger partial charge in [-0.2, -0.15) is 13.2 Å². The van der Waals surface area contributed by atoms with E-state index in [1.165, 1.54) is 6.92 Å². The van der Waals surface area contributed by atoms with E-state index in [0.717, 1.165) is 0 Å². The monoisotopic (exact) mass is 323 g/mol. The number of alkyl halides is 3. The standard InChI is InChI=1S/C14H17ClF3NO2/c1-5-21-13(20)10-9(6-7(2)3)8(4)12(15)19-11(10)14(16,17)18/h7H,5-6H2,1-4H3. The molecule has 0 saturated carbocycles. The minimum atomic E-state index is -4.77. The van der Waals surface area contributed by atoms with Crippen molar-refractivity contribution in [3.05, 3.63) is 27.5 Å². The maximum Gasteiger partial charge on any atom is 0.434 e. The summed E-state index contributed by atoms with van der Waals surface area (Å²) in [4.78, 5) is 15.3. The second-order valence-electron chi connectivity index (χ2n) is 5.05. The van der Waals surface area contributed by atoms with Gasteiger partial charge in [-0.05, 0) is 37.3 Å². The van der Waals surface area contributed by atoms with Crippen molar-refractivity contribution >= 4 is 17.6 Å². The Hall–Kier alpha value is -1.30. The predicted octanol–water partition coefficient (Wildman–Crippen LogP) is 4.44. The Bertz CT molecular complexity index is 542. The number of hydrogen-bond donors (Lipinski definition) is 0. The van der Waals surface area contributed by atoms with Gasteiger partial charge in [-0.3, -0.25) is 0 Å². The molecule has 21 heavy (non-hydrogen) atoms. The fourth-order valence-corrected chi connectivity index (χ4v) is 2.18. The Labute approximate surface area is 126 Å². The number of hydrogen-bond acceptors (Lipinski definition) is 3. The fraction of sp³-hybridized carbons (Fsp3) is 0.571. The highest BCUT2D eigenvalue weighted by molar-refractivity contribution is 6.30. The summed E-state index contributed by atoms with van der Waals surface area (Å²) in [7, 11) is 0. The molecule has 1 heterocycles. The Morgan fingerprint density at radius 2 is 1.95 bits per heavy atom. The topological polar surface area (TPSA) is 39.2 Å². The average molecular weight is 324 g/mol. The highest BCUT2D eigenvalue weighted by Crippen LogP contribution is 2.36. The van der Waals surface area contributed by atoms with E-state index >= 15 is 0 Å². The van der Waals surface area contributed by atoms with Gasteiger partial charge in [-0.15, -0.1) is 0 Å².